The number of ether oxygens (including phenoxy) is 1. The Bertz CT molecular complexity index is 535. The van der Waals surface area contributed by atoms with Crippen molar-refractivity contribution in [3.63, 3.8) is 0 Å². The Hall–Kier alpha value is -1.36. The first kappa shape index (κ1) is 13.1. The van der Waals surface area contributed by atoms with E-state index >= 15 is 0 Å². The standard InChI is InChI=1S/C12H10Cl2N2O2/c13-9-4-8(6-17)12(10(14)5-9)18-7-11-15-2-1-3-16-11/h1-5,17H,6-7H2. The molecule has 1 heterocycles. The zero-order chi connectivity index (χ0) is 13.0. The molecule has 0 fully saturated rings. The van der Waals surface area contributed by atoms with Gasteiger partial charge in [0.05, 0.1) is 11.6 Å². The Kier molecular flexibility index (Phi) is 4.36. The van der Waals surface area contributed by atoms with E-state index in [9.17, 15) is 5.11 Å². The van der Waals surface area contributed by atoms with E-state index in [2.05, 4.69) is 9.97 Å². The number of nitrogens with zero attached hydrogens (tertiary/aromatic N) is 2. The Morgan fingerprint density at radius 1 is 1.17 bits per heavy atom. The smallest absolute Gasteiger partial charge is 0.166 e. The number of halogens is 2. The molecule has 0 unspecified atom stereocenters. The molecule has 0 atom stereocenters. The van der Waals surface area contributed by atoms with Crippen LogP contribution in [0.15, 0.2) is 30.6 Å². The molecule has 0 amide bonds. The summed E-state index contributed by atoms with van der Waals surface area (Å²) in [5, 5.41) is 10.0. The maximum atomic E-state index is 9.24. The minimum Gasteiger partial charge on any atom is -0.484 e. The molecule has 0 aliphatic rings. The Balaban J connectivity index is 2.19. The molecule has 0 saturated carbocycles. The van der Waals surface area contributed by atoms with Gasteiger partial charge in [0.15, 0.2) is 5.82 Å². The molecule has 6 heteroatoms. The highest BCUT2D eigenvalue weighted by atomic mass is 35.5. The van der Waals surface area contributed by atoms with Crippen molar-refractivity contribution in [3.8, 4) is 5.75 Å². The third-order valence-corrected chi connectivity index (χ3v) is 2.72. The summed E-state index contributed by atoms with van der Waals surface area (Å²) in [6, 6.07) is 4.88. The van der Waals surface area contributed by atoms with E-state index in [1.165, 1.54) is 0 Å². The summed E-state index contributed by atoms with van der Waals surface area (Å²) in [7, 11) is 0. The first-order chi connectivity index (χ1) is 8.70. The van der Waals surface area contributed by atoms with Crippen molar-refractivity contribution in [2.75, 3.05) is 0 Å². The molecular formula is C12H10Cl2N2O2. The van der Waals surface area contributed by atoms with Crippen LogP contribution in [0.25, 0.3) is 0 Å². The lowest BCUT2D eigenvalue weighted by Gasteiger charge is -2.11. The minimum atomic E-state index is -0.203. The fourth-order valence-corrected chi connectivity index (χ4v) is 2.02. The Morgan fingerprint density at radius 2 is 1.89 bits per heavy atom. The number of benzene rings is 1. The van der Waals surface area contributed by atoms with Crippen LogP contribution < -0.4 is 4.74 Å². The van der Waals surface area contributed by atoms with E-state index < -0.39 is 0 Å². The molecule has 0 saturated heterocycles. The summed E-state index contributed by atoms with van der Waals surface area (Å²) in [5.41, 5.74) is 0.531. The summed E-state index contributed by atoms with van der Waals surface area (Å²) in [6.45, 7) is -0.0273. The maximum Gasteiger partial charge on any atom is 0.166 e. The topological polar surface area (TPSA) is 55.2 Å². The van der Waals surface area contributed by atoms with Crippen LogP contribution in [-0.2, 0) is 13.2 Å². The van der Waals surface area contributed by atoms with Gasteiger partial charge in [0.25, 0.3) is 0 Å². The van der Waals surface area contributed by atoms with Crippen molar-refractivity contribution in [1.82, 2.24) is 9.97 Å². The lowest BCUT2D eigenvalue weighted by molar-refractivity contribution is 0.256. The Labute approximate surface area is 114 Å². The van der Waals surface area contributed by atoms with Crippen LogP contribution in [0.3, 0.4) is 0 Å². The summed E-state index contributed by atoms with van der Waals surface area (Å²) < 4.78 is 5.52. The Morgan fingerprint density at radius 3 is 2.56 bits per heavy atom. The third-order valence-electron chi connectivity index (χ3n) is 2.22. The van der Waals surface area contributed by atoms with Gasteiger partial charge in [-0.1, -0.05) is 23.2 Å². The van der Waals surface area contributed by atoms with Gasteiger partial charge in [-0.05, 0) is 18.2 Å². The van der Waals surface area contributed by atoms with Gasteiger partial charge < -0.3 is 9.84 Å². The van der Waals surface area contributed by atoms with Crippen molar-refractivity contribution >= 4 is 23.2 Å². The van der Waals surface area contributed by atoms with E-state index in [0.29, 0.717) is 27.2 Å². The first-order valence-corrected chi connectivity index (χ1v) is 5.94. The van der Waals surface area contributed by atoms with Crippen LogP contribution in [0.1, 0.15) is 11.4 Å². The highest BCUT2D eigenvalue weighted by Crippen LogP contribution is 2.32. The van der Waals surface area contributed by atoms with Crippen LogP contribution in [-0.4, -0.2) is 15.1 Å². The molecule has 1 N–H and O–H groups in total. The zero-order valence-corrected chi connectivity index (χ0v) is 10.8. The lowest BCUT2D eigenvalue weighted by Crippen LogP contribution is -2.03. The van der Waals surface area contributed by atoms with Crippen molar-refractivity contribution < 1.29 is 9.84 Å². The molecule has 0 spiro atoms. The number of aromatic nitrogens is 2. The number of aliphatic hydroxyl groups is 1. The average molecular weight is 285 g/mol. The van der Waals surface area contributed by atoms with Crippen molar-refractivity contribution in [3.05, 3.63) is 52.0 Å². The summed E-state index contributed by atoms with van der Waals surface area (Å²) in [5.74, 6) is 0.934. The van der Waals surface area contributed by atoms with Crippen molar-refractivity contribution in [1.29, 1.82) is 0 Å². The van der Waals surface area contributed by atoms with Gasteiger partial charge in [-0.15, -0.1) is 0 Å². The van der Waals surface area contributed by atoms with E-state index in [1.54, 1.807) is 30.6 Å². The van der Waals surface area contributed by atoms with Gasteiger partial charge in [-0.3, -0.25) is 0 Å². The molecule has 0 aliphatic heterocycles. The third kappa shape index (κ3) is 3.10. The van der Waals surface area contributed by atoms with E-state index in [4.69, 9.17) is 27.9 Å². The van der Waals surface area contributed by atoms with Gasteiger partial charge in [0, 0.05) is 23.0 Å². The van der Waals surface area contributed by atoms with Gasteiger partial charge in [0.2, 0.25) is 0 Å². The maximum absolute atomic E-state index is 9.24. The van der Waals surface area contributed by atoms with E-state index in [1.807, 2.05) is 0 Å². The SMILES string of the molecule is OCc1cc(Cl)cc(Cl)c1OCc1ncccn1. The molecule has 2 aromatic rings. The quantitative estimate of drug-likeness (QED) is 0.938. The monoisotopic (exact) mass is 284 g/mol. The molecule has 1 aromatic carbocycles. The molecule has 1 aromatic heterocycles. The van der Waals surface area contributed by atoms with Gasteiger partial charge in [-0.25, -0.2) is 9.97 Å². The molecule has 2 rings (SSSR count). The van der Waals surface area contributed by atoms with Gasteiger partial charge in [0.1, 0.15) is 12.4 Å². The molecule has 18 heavy (non-hydrogen) atoms. The van der Waals surface area contributed by atoms with Crippen LogP contribution >= 0.6 is 23.2 Å². The zero-order valence-electron chi connectivity index (χ0n) is 9.31. The number of aliphatic hydroxyl groups excluding tert-OH is 1. The highest BCUT2D eigenvalue weighted by molar-refractivity contribution is 6.35. The predicted octanol–water partition coefficient (Wildman–Crippen LogP) is 2.85. The van der Waals surface area contributed by atoms with E-state index in [0.717, 1.165) is 0 Å². The van der Waals surface area contributed by atoms with Crippen LogP contribution in [0, 0.1) is 0 Å². The van der Waals surface area contributed by atoms with Crippen molar-refractivity contribution in [2.45, 2.75) is 13.2 Å². The molecule has 0 bridgehead atoms. The largest absolute Gasteiger partial charge is 0.484 e. The van der Waals surface area contributed by atoms with Crippen LogP contribution in [0.5, 0.6) is 5.75 Å². The van der Waals surface area contributed by atoms with Gasteiger partial charge >= 0.3 is 0 Å². The van der Waals surface area contributed by atoms with Crippen LogP contribution in [0.4, 0.5) is 0 Å². The fourth-order valence-electron chi connectivity index (χ4n) is 1.43. The fraction of sp³-hybridized carbons (Fsp3) is 0.167. The molecule has 0 aliphatic carbocycles. The normalized spacial score (nSPS) is 10.4. The second-order valence-corrected chi connectivity index (χ2v) is 4.33. The molecular weight excluding hydrogens is 275 g/mol. The summed E-state index contributed by atoms with van der Waals surface area (Å²) in [4.78, 5) is 8.06. The minimum absolute atomic E-state index is 0.176. The lowest BCUT2D eigenvalue weighted by atomic mass is 10.2. The highest BCUT2D eigenvalue weighted by Gasteiger charge is 2.10. The number of rotatable bonds is 4. The molecule has 94 valence electrons. The second kappa shape index (κ2) is 6.00. The summed E-state index contributed by atoms with van der Waals surface area (Å²) >= 11 is 11.9. The molecule has 0 radical (unpaired) electrons. The predicted molar refractivity (Wildman–Crippen MR) is 68.7 cm³/mol. The molecule has 4 nitrogen and oxygen atoms in total. The average Bonchev–Trinajstić information content (AvgIpc) is 2.38. The number of hydrogen-bond donors (Lipinski definition) is 1. The second-order valence-electron chi connectivity index (χ2n) is 3.49. The van der Waals surface area contributed by atoms with Crippen LogP contribution in [0.2, 0.25) is 10.0 Å². The number of hydrogen-bond acceptors (Lipinski definition) is 4. The first-order valence-electron chi connectivity index (χ1n) is 5.18. The van der Waals surface area contributed by atoms with E-state index in [-0.39, 0.29) is 13.2 Å². The van der Waals surface area contributed by atoms with Crippen molar-refractivity contribution in [2.24, 2.45) is 0 Å². The van der Waals surface area contributed by atoms with Gasteiger partial charge in [-0.2, -0.15) is 0 Å². The summed E-state index contributed by atoms with van der Waals surface area (Å²) in [6.07, 6.45) is 3.25.